The lowest BCUT2D eigenvalue weighted by molar-refractivity contribution is -0.115. The molecule has 0 radical (unpaired) electrons. The molecule has 2 aromatic heterocycles. The van der Waals surface area contributed by atoms with Gasteiger partial charge in [0, 0.05) is 17.5 Å². The number of carbonyl (C=O) groups excluding carboxylic acids is 1. The summed E-state index contributed by atoms with van der Waals surface area (Å²) in [5, 5.41) is 17.1. The summed E-state index contributed by atoms with van der Waals surface area (Å²) in [6.45, 7) is 4.64. The van der Waals surface area contributed by atoms with Crippen molar-refractivity contribution < 1.29 is 4.79 Å². The van der Waals surface area contributed by atoms with E-state index in [4.69, 9.17) is 0 Å². The zero-order valence-electron chi connectivity index (χ0n) is 13.7. The van der Waals surface area contributed by atoms with Gasteiger partial charge in [-0.25, -0.2) is 4.98 Å². The quantitative estimate of drug-likeness (QED) is 0.587. The van der Waals surface area contributed by atoms with Crippen molar-refractivity contribution in [3.05, 3.63) is 35.7 Å². The second kappa shape index (κ2) is 8.41. The number of nitrogens with zero attached hydrogens (tertiary/aromatic N) is 3. The number of carbonyl (C=O) groups is 1. The van der Waals surface area contributed by atoms with Gasteiger partial charge in [0.25, 0.3) is 0 Å². The van der Waals surface area contributed by atoms with Gasteiger partial charge in [0.15, 0.2) is 9.47 Å². The fourth-order valence-corrected chi connectivity index (χ4v) is 4.65. The van der Waals surface area contributed by atoms with Crippen LogP contribution in [0.1, 0.15) is 13.8 Å². The number of nitrogens with one attached hydrogen (secondary N) is 2. The molecule has 3 rings (SSSR count). The molecule has 2 N–H and O–H groups in total. The number of hydrogen-bond acceptors (Lipinski definition) is 8. The molecule has 1 unspecified atom stereocenters. The summed E-state index contributed by atoms with van der Waals surface area (Å²) in [4.78, 5) is 16.9. The molecule has 0 saturated carbocycles. The number of benzene rings is 1. The van der Waals surface area contributed by atoms with Crippen LogP contribution in [0.15, 0.2) is 40.1 Å². The number of thiazole rings is 1. The van der Waals surface area contributed by atoms with Crippen molar-refractivity contribution in [3.63, 3.8) is 0 Å². The first-order valence-corrected chi connectivity index (χ1v) is 10.3. The summed E-state index contributed by atoms with van der Waals surface area (Å²) in [5.74, 6) is -0.0980. The van der Waals surface area contributed by atoms with Crippen LogP contribution in [0.5, 0.6) is 0 Å². The lowest BCUT2D eigenvalue weighted by atomic mass is 10.2. The number of aromatic nitrogens is 3. The highest BCUT2D eigenvalue weighted by Gasteiger charge is 2.18. The van der Waals surface area contributed by atoms with Gasteiger partial charge < -0.3 is 10.6 Å². The Kier molecular flexibility index (Phi) is 6.00. The van der Waals surface area contributed by atoms with E-state index < -0.39 is 0 Å². The highest BCUT2D eigenvalue weighted by Crippen LogP contribution is 2.30. The van der Waals surface area contributed by atoms with E-state index >= 15 is 0 Å². The Balaban J connectivity index is 1.59. The van der Waals surface area contributed by atoms with E-state index in [2.05, 4.69) is 25.8 Å². The number of anilines is 2. The summed E-state index contributed by atoms with van der Waals surface area (Å²) >= 11 is 4.26. The van der Waals surface area contributed by atoms with Crippen LogP contribution in [0.2, 0.25) is 0 Å². The Morgan fingerprint density at radius 3 is 2.80 bits per heavy atom. The van der Waals surface area contributed by atoms with Gasteiger partial charge >= 0.3 is 0 Å². The molecule has 1 atom stereocenters. The first kappa shape index (κ1) is 17.8. The molecule has 0 aliphatic rings. The van der Waals surface area contributed by atoms with Gasteiger partial charge in [-0.3, -0.25) is 4.79 Å². The van der Waals surface area contributed by atoms with Gasteiger partial charge in [-0.1, -0.05) is 53.4 Å². The predicted octanol–water partition coefficient (Wildman–Crippen LogP) is 4.21. The standard InChI is InChI=1S/C16H17N5OS3/c1-3-17-14-20-21-16(25-14)24-10(2)13(22)19-15-18-12(9-23-15)11-7-5-4-6-8-11/h4-10H,3H2,1-2H3,(H,17,20)(H,18,19,22). The molecule has 0 aliphatic carbocycles. The molecule has 0 bridgehead atoms. The summed E-state index contributed by atoms with van der Waals surface area (Å²) in [6.07, 6.45) is 0. The second-order valence-corrected chi connectivity index (χ2v) is 8.48. The molecule has 9 heteroatoms. The van der Waals surface area contributed by atoms with Crippen LogP contribution in [-0.2, 0) is 4.79 Å². The van der Waals surface area contributed by atoms with Gasteiger partial charge in [0.05, 0.1) is 10.9 Å². The van der Waals surface area contributed by atoms with Crippen LogP contribution in [0.25, 0.3) is 11.3 Å². The summed E-state index contributed by atoms with van der Waals surface area (Å²) in [6, 6.07) is 9.89. The maximum atomic E-state index is 12.4. The van der Waals surface area contributed by atoms with E-state index in [1.165, 1.54) is 34.4 Å². The van der Waals surface area contributed by atoms with Crippen LogP contribution in [0.4, 0.5) is 10.3 Å². The molecular formula is C16H17N5OS3. The van der Waals surface area contributed by atoms with Crippen molar-refractivity contribution in [1.82, 2.24) is 15.2 Å². The molecule has 0 spiro atoms. The molecular weight excluding hydrogens is 374 g/mol. The van der Waals surface area contributed by atoms with Gasteiger partial charge in [0.1, 0.15) is 0 Å². The van der Waals surface area contributed by atoms with Crippen molar-refractivity contribution in [2.45, 2.75) is 23.4 Å². The zero-order valence-corrected chi connectivity index (χ0v) is 16.2. The first-order chi connectivity index (χ1) is 12.2. The largest absolute Gasteiger partial charge is 0.360 e. The topological polar surface area (TPSA) is 79.8 Å². The normalized spacial score (nSPS) is 11.9. The van der Waals surface area contributed by atoms with Gasteiger partial charge in [0.2, 0.25) is 11.0 Å². The van der Waals surface area contributed by atoms with Crippen LogP contribution in [0, 0.1) is 0 Å². The maximum absolute atomic E-state index is 12.4. The molecule has 0 fully saturated rings. The fourth-order valence-electron chi connectivity index (χ4n) is 1.96. The van der Waals surface area contributed by atoms with E-state index in [0.29, 0.717) is 5.13 Å². The van der Waals surface area contributed by atoms with E-state index in [1.54, 1.807) is 0 Å². The molecule has 25 heavy (non-hydrogen) atoms. The number of hydrogen-bond donors (Lipinski definition) is 2. The minimum atomic E-state index is -0.286. The molecule has 2 heterocycles. The van der Waals surface area contributed by atoms with Crippen LogP contribution in [0.3, 0.4) is 0 Å². The van der Waals surface area contributed by atoms with Crippen molar-refractivity contribution in [2.24, 2.45) is 0 Å². The van der Waals surface area contributed by atoms with E-state index in [-0.39, 0.29) is 11.2 Å². The minimum Gasteiger partial charge on any atom is -0.360 e. The smallest absolute Gasteiger partial charge is 0.239 e. The summed E-state index contributed by atoms with van der Waals surface area (Å²) < 4.78 is 0.766. The number of thioether (sulfide) groups is 1. The van der Waals surface area contributed by atoms with E-state index in [1.807, 2.05) is 49.6 Å². The number of amides is 1. The number of rotatable bonds is 7. The summed E-state index contributed by atoms with van der Waals surface area (Å²) in [7, 11) is 0. The average Bonchev–Trinajstić information content (AvgIpc) is 3.26. The zero-order chi connectivity index (χ0) is 17.6. The SMILES string of the molecule is CCNc1nnc(SC(C)C(=O)Nc2nc(-c3ccccc3)cs2)s1. The monoisotopic (exact) mass is 391 g/mol. The van der Waals surface area contributed by atoms with Crippen molar-refractivity contribution in [3.8, 4) is 11.3 Å². The van der Waals surface area contributed by atoms with Crippen molar-refractivity contribution in [1.29, 1.82) is 0 Å². The van der Waals surface area contributed by atoms with Crippen LogP contribution in [-0.4, -0.2) is 32.9 Å². The third kappa shape index (κ3) is 4.77. The Hall–Kier alpha value is -1.97. The minimum absolute atomic E-state index is 0.0980. The predicted molar refractivity (Wildman–Crippen MR) is 106 cm³/mol. The van der Waals surface area contributed by atoms with E-state index in [0.717, 1.165) is 27.3 Å². The lowest BCUT2D eigenvalue weighted by Gasteiger charge is -2.07. The third-order valence-corrected chi connectivity index (χ3v) is 6.01. The lowest BCUT2D eigenvalue weighted by Crippen LogP contribution is -2.22. The molecule has 6 nitrogen and oxygen atoms in total. The molecule has 0 aliphatic heterocycles. The van der Waals surface area contributed by atoms with E-state index in [9.17, 15) is 4.79 Å². The third-order valence-electron chi connectivity index (χ3n) is 3.19. The van der Waals surface area contributed by atoms with Crippen molar-refractivity contribution in [2.75, 3.05) is 17.2 Å². The van der Waals surface area contributed by atoms with Gasteiger partial charge in [-0.15, -0.1) is 21.5 Å². The highest BCUT2D eigenvalue weighted by molar-refractivity contribution is 8.02. The second-order valence-electron chi connectivity index (χ2n) is 5.06. The fraction of sp³-hybridized carbons (Fsp3) is 0.250. The molecule has 3 aromatic rings. The molecule has 1 amide bonds. The van der Waals surface area contributed by atoms with Crippen molar-refractivity contribution >= 4 is 50.6 Å². The van der Waals surface area contributed by atoms with Crippen LogP contribution >= 0.6 is 34.4 Å². The molecule has 1 aromatic carbocycles. The first-order valence-electron chi connectivity index (χ1n) is 7.71. The molecule has 0 saturated heterocycles. The van der Waals surface area contributed by atoms with Gasteiger partial charge in [-0.05, 0) is 13.8 Å². The maximum Gasteiger partial charge on any atom is 0.239 e. The Morgan fingerprint density at radius 2 is 2.04 bits per heavy atom. The Labute approximate surface area is 158 Å². The van der Waals surface area contributed by atoms with Gasteiger partial charge in [-0.2, -0.15) is 0 Å². The Morgan fingerprint density at radius 1 is 1.24 bits per heavy atom. The summed E-state index contributed by atoms with van der Waals surface area (Å²) in [5.41, 5.74) is 1.90. The molecule has 130 valence electrons. The Bertz CT molecular complexity index is 833. The highest BCUT2D eigenvalue weighted by atomic mass is 32.2. The average molecular weight is 392 g/mol. The van der Waals surface area contributed by atoms with Crippen LogP contribution < -0.4 is 10.6 Å².